The molecule has 36 heavy (non-hydrogen) atoms. The third-order valence-corrected chi connectivity index (χ3v) is 5.54. The van der Waals surface area contributed by atoms with Gasteiger partial charge in [0.2, 0.25) is 5.13 Å². The number of ether oxygens (including phenoxy) is 1. The molecule has 0 aliphatic carbocycles. The fourth-order valence-electron chi connectivity index (χ4n) is 2.91. The van der Waals surface area contributed by atoms with E-state index in [2.05, 4.69) is 20.8 Å². The Labute approximate surface area is 211 Å². The highest BCUT2D eigenvalue weighted by Gasteiger charge is 2.20. The summed E-state index contributed by atoms with van der Waals surface area (Å²) in [6, 6.07) is 14.4. The summed E-state index contributed by atoms with van der Waals surface area (Å²) in [6.07, 6.45) is 0. The predicted octanol–water partition coefficient (Wildman–Crippen LogP) is 4.32. The second-order valence-electron chi connectivity index (χ2n) is 6.89. The highest BCUT2D eigenvalue weighted by Crippen LogP contribution is 2.30. The minimum atomic E-state index is -0.663. The third-order valence-electron chi connectivity index (χ3n) is 4.52. The van der Waals surface area contributed by atoms with Crippen molar-refractivity contribution >= 4 is 51.1 Å². The number of thiocarbonyl (C=S) groups is 1. The lowest BCUT2D eigenvalue weighted by atomic mass is 10.1. The van der Waals surface area contributed by atoms with Crippen LogP contribution >= 0.6 is 23.6 Å². The fourth-order valence-corrected chi connectivity index (χ4v) is 3.82. The molecule has 2 N–H and O–H groups in total. The van der Waals surface area contributed by atoms with Crippen molar-refractivity contribution in [2.75, 3.05) is 5.32 Å². The van der Waals surface area contributed by atoms with Gasteiger partial charge in [0.05, 0.1) is 15.4 Å². The number of hydrogen-bond acceptors (Lipinski definition) is 11. The largest absolute Gasteiger partial charge is 0.486 e. The lowest BCUT2D eigenvalue weighted by molar-refractivity contribution is -0.384. The predicted molar refractivity (Wildman–Crippen MR) is 132 cm³/mol. The Balaban J connectivity index is 1.31. The van der Waals surface area contributed by atoms with E-state index in [1.54, 1.807) is 6.07 Å². The average molecular weight is 527 g/mol. The number of nitrogens with one attached hydrogen (secondary N) is 2. The summed E-state index contributed by atoms with van der Waals surface area (Å²) in [6.45, 7) is 0.0665. The van der Waals surface area contributed by atoms with Crippen molar-refractivity contribution in [2.45, 2.75) is 6.61 Å². The molecule has 0 aliphatic rings. The van der Waals surface area contributed by atoms with E-state index in [-0.39, 0.29) is 40.2 Å². The summed E-state index contributed by atoms with van der Waals surface area (Å²) in [5.41, 5.74) is 0.0349. The first kappa shape index (κ1) is 24.4. The summed E-state index contributed by atoms with van der Waals surface area (Å²) in [5, 5.41) is 35.7. The van der Waals surface area contributed by atoms with E-state index >= 15 is 0 Å². The van der Waals surface area contributed by atoms with Crippen LogP contribution in [0.25, 0.3) is 11.3 Å². The number of anilines is 1. The number of non-ortho nitro benzene ring substituents is 1. The SMILES string of the molecule is O=C(NC(=S)Nc1nnc(COc2ccc([N+](=O)[O-])cc2)s1)c1ccc(-c2ccccc2[N+](=O)[O-])o1. The first-order chi connectivity index (χ1) is 17.3. The van der Waals surface area contributed by atoms with E-state index in [9.17, 15) is 25.0 Å². The fraction of sp³-hybridized carbons (Fsp3) is 0.0476. The highest BCUT2D eigenvalue weighted by atomic mass is 32.1. The van der Waals surface area contributed by atoms with Gasteiger partial charge in [-0.15, -0.1) is 10.2 Å². The number of benzene rings is 2. The Bertz CT molecular complexity index is 1450. The molecular formula is C21H14N6O7S2. The Kier molecular flexibility index (Phi) is 7.22. The monoisotopic (exact) mass is 526 g/mol. The van der Waals surface area contributed by atoms with Crippen molar-refractivity contribution in [3.8, 4) is 17.1 Å². The molecule has 0 saturated carbocycles. The standard InChI is InChI=1S/C21H14N6O7S2/c28-19(17-10-9-16(34-17)14-3-1-2-4-15(14)27(31)32)22-20(35)23-21-25-24-18(36-21)11-33-13-7-5-12(6-8-13)26(29)30/h1-10H,11H2,(H2,22,23,25,28,35). The molecule has 0 spiro atoms. The average Bonchev–Trinajstić information content (AvgIpc) is 3.53. The number of nitrogens with zero attached hydrogens (tertiary/aromatic N) is 4. The number of para-hydroxylation sites is 1. The summed E-state index contributed by atoms with van der Waals surface area (Å²) in [4.78, 5) is 33.4. The van der Waals surface area contributed by atoms with Crippen LogP contribution < -0.4 is 15.4 Å². The van der Waals surface area contributed by atoms with Crippen molar-refractivity contribution in [3.63, 3.8) is 0 Å². The van der Waals surface area contributed by atoms with E-state index in [0.29, 0.717) is 15.9 Å². The summed E-state index contributed by atoms with van der Waals surface area (Å²) in [5.74, 6) is -0.176. The van der Waals surface area contributed by atoms with Crippen LogP contribution in [0.3, 0.4) is 0 Å². The number of furan rings is 1. The molecule has 0 unspecified atom stereocenters. The van der Waals surface area contributed by atoms with E-state index in [0.717, 1.165) is 11.3 Å². The van der Waals surface area contributed by atoms with Crippen molar-refractivity contribution in [2.24, 2.45) is 0 Å². The van der Waals surface area contributed by atoms with E-state index in [1.165, 1.54) is 54.6 Å². The molecule has 1 amide bonds. The number of carbonyl (C=O) groups excluding carboxylic acids is 1. The van der Waals surface area contributed by atoms with Gasteiger partial charge in [-0.25, -0.2) is 0 Å². The number of nitro benzene ring substituents is 2. The normalized spacial score (nSPS) is 10.4. The molecule has 0 bridgehead atoms. The molecule has 15 heteroatoms. The Morgan fingerprint density at radius 1 is 1.03 bits per heavy atom. The number of rotatable bonds is 8. The molecule has 0 atom stereocenters. The Hall–Kier alpha value is -4.76. The van der Waals surface area contributed by atoms with E-state index in [4.69, 9.17) is 21.4 Å². The molecule has 182 valence electrons. The number of carbonyl (C=O) groups is 1. The summed E-state index contributed by atoms with van der Waals surface area (Å²) in [7, 11) is 0. The first-order valence-electron chi connectivity index (χ1n) is 9.96. The second kappa shape index (κ2) is 10.7. The first-order valence-corrected chi connectivity index (χ1v) is 11.2. The number of hydrogen-bond donors (Lipinski definition) is 2. The minimum absolute atomic E-state index is 0.0486. The molecular weight excluding hydrogens is 512 g/mol. The maximum Gasteiger partial charge on any atom is 0.293 e. The lowest BCUT2D eigenvalue weighted by Crippen LogP contribution is -2.33. The van der Waals surface area contributed by atoms with Crippen LogP contribution in [-0.4, -0.2) is 31.1 Å². The molecule has 0 saturated heterocycles. The van der Waals surface area contributed by atoms with Gasteiger partial charge in [0.1, 0.15) is 18.1 Å². The Morgan fingerprint density at radius 3 is 2.50 bits per heavy atom. The molecule has 2 heterocycles. The zero-order valence-corrected chi connectivity index (χ0v) is 19.6. The van der Waals surface area contributed by atoms with Gasteiger partial charge < -0.3 is 14.5 Å². The Morgan fingerprint density at radius 2 is 1.78 bits per heavy atom. The smallest absolute Gasteiger partial charge is 0.293 e. The maximum atomic E-state index is 12.5. The summed E-state index contributed by atoms with van der Waals surface area (Å²) < 4.78 is 11.0. The van der Waals surface area contributed by atoms with Crippen LogP contribution in [0, 0.1) is 20.2 Å². The number of nitro groups is 2. The maximum absolute atomic E-state index is 12.5. The summed E-state index contributed by atoms with van der Waals surface area (Å²) >= 11 is 6.25. The lowest BCUT2D eigenvalue weighted by Gasteiger charge is -2.05. The quantitative estimate of drug-likeness (QED) is 0.190. The molecule has 0 aliphatic heterocycles. The number of amides is 1. The van der Waals surface area contributed by atoms with Gasteiger partial charge >= 0.3 is 0 Å². The minimum Gasteiger partial charge on any atom is -0.486 e. The van der Waals surface area contributed by atoms with Gasteiger partial charge in [-0.2, -0.15) is 0 Å². The van der Waals surface area contributed by atoms with Crippen LogP contribution in [0.15, 0.2) is 65.1 Å². The van der Waals surface area contributed by atoms with Gasteiger partial charge in [-0.05, 0) is 42.5 Å². The molecule has 4 aromatic rings. The molecule has 2 aromatic heterocycles. The van der Waals surface area contributed by atoms with E-state index in [1.807, 2.05) is 0 Å². The van der Waals surface area contributed by atoms with Gasteiger partial charge in [0.15, 0.2) is 15.9 Å². The molecule has 13 nitrogen and oxygen atoms in total. The van der Waals surface area contributed by atoms with Gasteiger partial charge in [0.25, 0.3) is 17.3 Å². The van der Waals surface area contributed by atoms with Gasteiger partial charge in [0, 0.05) is 18.2 Å². The van der Waals surface area contributed by atoms with Crippen molar-refractivity contribution in [1.82, 2.24) is 15.5 Å². The highest BCUT2D eigenvalue weighted by molar-refractivity contribution is 7.80. The van der Waals surface area contributed by atoms with Crippen LogP contribution in [0.1, 0.15) is 15.6 Å². The molecule has 0 radical (unpaired) electrons. The van der Waals surface area contributed by atoms with Crippen LogP contribution in [0.2, 0.25) is 0 Å². The van der Waals surface area contributed by atoms with Crippen LogP contribution in [0.4, 0.5) is 16.5 Å². The zero-order chi connectivity index (χ0) is 25.7. The van der Waals surface area contributed by atoms with Gasteiger partial charge in [-0.1, -0.05) is 23.5 Å². The van der Waals surface area contributed by atoms with Crippen molar-refractivity contribution < 1.29 is 23.8 Å². The second-order valence-corrected chi connectivity index (χ2v) is 8.36. The van der Waals surface area contributed by atoms with Crippen LogP contribution in [-0.2, 0) is 6.61 Å². The van der Waals surface area contributed by atoms with Crippen molar-refractivity contribution in [3.05, 3.63) is 91.7 Å². The number of aromatic nitrogens is 2. The van der Waals surface area contributed by atoms with E-state index < -0.39 is 15.8 Å². The van der Waals surface area contributed by atoms with Gasteiger partial charge in [-0.3, -0.25) is 30.3 Å². The topological polar surface area (TPSA) is 176 Å². The molecule has 4 rings (SSSR count). The van der Waals surface area contributed by atoms with Crippen LogP contribution in [0.5, 0.6) is 5.75 Å². The van der Waals surface area contributed by atoms with Crippen molar-refractivity contribution in [1.29, 1.82) is 0 Å². The molecule has 0 fully saturated rings. The third kappa shape index (κ3) is 5.83. The zero-order valence-electron chi connectivity index (χ0n) is 17.9. The molecule has 2 aromatic carbocycles.